The lowest BCUT2D eigenvalue weighted by molar-refractivity contribution is 0.385. The number of hydrogen-bond acceptors (Lipinski definition) is 5. The minimum atomic E-state index is 0.321. The van der Waals surface area contributed by atoms with Gasteiger partial charge in [-0.25, -0.2) is 9.97 Å². The predicted octanol–water partition coefficient (Wildman–Crippen LogP) is 4.09. The Labute approximate surface area is 205 Å². The first-order chi connectivity index (χ1) is 16.5. The Kier molecular flexibility index (Phi) is 7.54. The van der Waals surface area contributed by atoms with Crippen molar-refractivity contribution >= 4 is 40.6 Å². The van der Waals surface area contributed by atoms with Gasteiger partial charge in [0, 0.05) is 43.3 Å². The molecule has 3 aromatic rings. The Morgan fingerprint density at radius 1 is 0.912 bits per heavy atom. The number of nitrogens with zero attached hydrogens (tertiary/aromatic N) is 5. The van der Waals surface area contributed by atoms with Gasteiger partial charge in [-0.05, 0) is 56.4 Å². The largest absolute Gasteiger partial charge is 0.495 e. The van der Waals surface area contributed by atoms with E-state index in [1.807, 2.05) is 50.2 Å². The monoisotopic (exact) mass is 475 g/mol. The molecule has 0 saturated carbocycles. The molecule has 0 amide bonds. The van der Waals surface area contributed by atoms with Crippen molar-refractivity contribution in [2.24, 2.45) is 4.99 Å². The molecule has 0 bridgehead atoms. The molecular weight excluding hydrogens is 446 g/mol. The van der Waals surface area contributed by atoms with Crippen molar-refractivity contribution in [1.29, 1.82) is 0 Å². The maximum Gasteiger partial charge on any atom is 0.229 e. The number of methoxy groups -OCH3 is 1. The van der Waals surface area contributed by atoms with Crippen molar-refractivity contribution in [2.45, 2.75) is 13.8 Å². The van der Waals surface area contributed by atoms with Crippen LogP contribution in [0, 0.1) is 13.8 Å². The average molecular weight is 476 g/mol. The number of rotatable bonds is 4. The molecule has 1 fully saturated rings. The first-order valence-electron chi connectivity index (χ1n) is 11.2. The second-order valence-corrected chi connectivity index (χ2v) is 8.36. The van der Waals surface area contributed by atoms with Gasteiger partial charge in [0.15, 0.2) is 0 Å². The van der Waals surface area contributed by atoms with E-state index in [-0.39, 0.29) is 0 Å². The number of thiocarbonyl (C=S) groups is 1. The van der Waals surface area contributed by atoms with Gasteiger partial charge in [-0.15, -0.1) is 0 Å². The standard InChI is InChI=1S/C25H29N7OS/c1-18-17-19(2)27-23(26-18)29-24(30-25(34)28-21-11-7-8-12-22(21)33-3)32-15-13-31(14-16-32)20-9-5-4-6-10-20/h4-12,17H,13-16H2,1-3H3,(H2,26,27,28,29,30,34). The maximum absolute atomic E-state index is 5.58. The highest BCUT2D eigenvalue weighted by molar-refractivity contribution is 7.80. The number of nitrogens with one attached hydrogen (secondary N) is 2. The van der Waals surface area contributed by atoms with Crippen molar-refractivity contribution in [3.63, 3.8) is 0 Å². The second-order valence-electron chi connectivity index (χ2n) is 7.97. The van der Waals surface area contributed by atoms with E-state index in [1.54, 1.807) is 7.11 Å². The van der Waals surface area contributed by atoms with Gasteiger partial charge in [0.05, 0.1) is 12.8 Å². The molecule has 176 valence electrons. The Bertz CT molecular complexity index is 1140. The molecule has 9 heteroatoms. The summed E-state index contributed by atoms with van der Waals surface area (Å²) in [6.45, 7) is 7.19. The number of benzene rings is 2. The van der Waals surface area contributed by atoms with Gasteiger partial charge in [0.1, 0.15) is 5.75 Å². The molecule has 0 spiro atoms. The number of piperazine rings is 1. The Morgan fingerprint density at radius 3 is 2.24 bits per heavy atom. The topological polar surface area (TPSA) is 77.9 Å². The third kappa shape index (κ3) is 5.99. The number of guanidine groups is 1. The lowest BCUT2D eigenvalue weighted by Crippen LogP contribution is -2.51. The third-order valence-electron chi connectivity index (χ3n) is 5.46. The molecule has 8 nitrogen and oxygen atoms in total. The summed E-state index contributed by atoms with van der Waals surface area (Å²) in [5, 5.41) is 6.80. The Balaban J connectivity index is 1.54. The van der Waals surface area contributed by atoms with Crippen LogP contribution in [-0.2, 0) is 0 Å². The Morgan fingerprint density at radius 2 is 1.56 bits per heavy atom. The molecular formula is C25H29N7OS. The predicted molar refractivity (Wildman–Crippen MR) is 142 cm³/mol. The number of aliphatic imine (C=N–C) groups is 1. The highest BCUT2D eigenvalue weighted by Gasteiger charge is 2.21. The fourth-order valence-corrected chi connectivity index (χ4v) is 4.06. The minimum Gasteiger partial charge on any atom is -0.495 e. The summed E-state index contributed by atoms with van der Waals surface area (Å²) in [6, 6.07) is 20.0. The molecule has 2 aromatic carbocycles. The summed E-state index contributed by atoms with van der Waals surface area (Å²) in [7, 11) is 1.63. The van der Waals surface area contributed by atoms with Crippen molar-refractivity contribution in [3.05, 3.63) is 72.1 Å². The van der Waals surface area contributed by atoms with E-state index in [0.717, 1.165) is 43.3 Å². The normalized spacial score (nSPS) is 14.0. The molecule has 4 rings (SSSR count). The minimum absolute atomic E-state index is 0.321. The van der Waals surface area contributed by atoms with Crippen LogP contribution in [0.1, 0.15) is 11.4 Å². The fraction of sp³-hybridized carbons (Fsp3) is 0.280. The zero-order valence-electron chi connectivity index (χ0n) is 19.7. The van der Waals surface area contributed by atoms with Crippen LogP contribution in [0.4, 0.5) is 17.3 Å². The second kappa shape index (κ2) is 10.9. The van der Waals surface area contributed by atoms with Crippen LogP contribution in [0.2, 0.25) is 0 Å². The van der Waals surface area contributed by atoms with Gasteiger partial charge in [-0.1, -0.05) is 30.3 Å². The number of hydrogen-bond donors (Lipinski definition) is 2. The van der Waals surface area contributed by atoms with Gasteiger partial charge >= 0.3 is 0 Å². The van der Waals surface area contributed by atoms with Crippen LogP contribution < -0.4 is 20.3 Å². The number of ether oxygens (including phenoxy) is 1. The number of anilines is 3. The lowest BCUT2D eigenvalue weighted by Gasteiger charge is -2.37. The first-order valence-corrected chi connectivity index (χ1v) is 11.6. The maximum atomic E-state index is 5.58. The quantitative estimate of drug-likeness (QED) is 0.332. The van der Waals surface area contributed by atoms with Gasteiger partial charge < -0.3 is 19.9 Å². The van der Waals surface area contributed by atoms with E-state index in [0.29, 0.717) is 22.8 Å². The van der Waals surface area contributed by atoms with Crippen LogP contribution in [0.3, 0.4) is 0 Å². The van der Waals surface area contributed by atoms with E-state index < -0.39 is 0 Å². The van der Waals surface area contributed by atoms with E-state index in [9.17, 15) is 0 Å². The fourth-order valence-electron chi connectivity index (χ4n) is 3.86. The van der Waals surface area contributed by atoms with E-state index >= 15 is 0 Å². The van der Waals surface area contributed by atoms with E-state index in [1.165, 1.54) is 5.69 Å². The van der Waals surface area contributed by atoms with Crippen LogP contribution in [0.15, 0.2) is 65.7 Å². The third-order valence-corrected chi connectivity index (χ3v) is 5.66. The van der Waals surface area contributed by atoms with Gasteiger partial charge in [0.25, 0.3) is 0 Å². The summed E-state index contributed by atoms with van der Waals surface area (Å²) in [4.78, 5) is 18.3. The number of aryl methyl sites for hydroxylation is 2. The molecule has 0 atom stereocenters. The Hall–Kier alpha value is -3.72. The average Bonchev–Trinajstić information content (AvgIpc) is 2.84. The van der Waals surface area contributed by atoms with E-state index in [4.69, 9.17) is 21.9 Å². The molecule has 2 N–H and O–H groups in total. The SMILES string of the molecule is COc1ccccc1NC(=S)/N=C(/Nc1nc(C)cc(C)n1)N1CCN(c2ccccc2)CC1. The molecule has 34 heavy (non-hydrogen) atoms. The number of para-hydroxylation sites is 3. The van der Waals surface area contributed by atoms with Crippen LogP contribution in [-0.4, -0.2) is 59.2 Å². The van der Waals surface area contributed by atoms with Crippen LogP contribution in [0.25, 0.3) is 0 Å². The highest BCUT2D eigenvalue weighted by atomic mass is 32.1. The summed E-state index contributed by atoms with van der Waals surface area (Å²) in [6.07, 6.45) is 0. The summed E-state index contributed by atoms with van der Waals surface area (Å²) in [5.74, 6) is 1.82. The van der Waals surface area contributed by atoms with Crippen LogP contribution in [0.5, 0.6) is 5.75 Å². The molecule has 1 saturated heterocycles. The lowest BCUT2D eigenvalue weighted by atomic mass is 10.2. The van der Waals surface area contributed by atoms with E-state index in [2.05, 4.69) is 54.7 Å². The van der Waals surface area contributed by atoms with Gasteiger partial charge in [-0.2, -0.15) is 4.99 Å². The first kappa shape index (κ1) is 23.4. The van der Waals surface area contributed by atoms with Gasteiger partial charge in [-0.3, -0.25) is 5.32 Å². The van der Waals surface area contributed by atoms with Crippen molar-refractivity contribution in [2.75, 3.05) is 48.8 Å². The molecule has 2 heterocycles. The van der Waals surface area contributed by atoms with Crippen molar-refractivity contribution in [3.8, 4) is 5.75 Å². The van der Waals surface area contributed by atoms with Gasteiger partial charge in [0.2, 0.25) is 17.0 Å². The molecule has 1 aromatic heterocycles. The van der Waals surface area contributed by atoms with Crippen LogP contribution >= 0.6 is 12.2 Å². The molecule has 0 aliphatic carbocycles. The molecule has 1 aliphatic rings. The summed E-state index contributed by atoms with van der Waals surface area (Å²) in [5.41, 5.74) is 3.75. The van der Waals surface area contributed by atoms with Crippen molar-refractivity contribution in [1.82, 2.24) is 14.9 Å². The summed E-state index contributed by atoms with van der Waals surface area (Å²) >= 11 is 5.58. The zero-order chi connectivity index (χ0) is 23.9. The highest BCUT2D eigenvalue weighted by Crippen LogP contribution is 2.23. The smallest absolute Gasteiger partial charge is 0.229 e. The molecule has 0 unspecified atom stereocenters. The van der Waals surface area contributed by atoms with Crippen molar-refractivity contribution < 1.29 is 4.74 Å². The molecule has 1 aliphatic heterocycles. The number of aromatic nitrogens is 2. The zero-order valence-corrected chi connectivity index (χ0v) is 20.5. The molecule has 0 radical (unpaired) electrons. The summed E-state index contributed by atoms with van der Waals surface area (Å²) < 4.78 is 5.42.